The fourth-order valence-electron chi connectivity index (χ4n) is 3.15. The number of carbonyl (C=O) groups is 1. The summed E-state index contributed by atoms with van der Waals surface area (Å²) in [6.07, 6.45) is 1.01. The summed E-state index contributed by atoms with van der Waals surface area (Å²) in [5, 5.41) is 0. The maximum atomic E-state index is 12.6. The Bertz CT molecular complexity index is 672. The Balaban J connectivity index is 1.59. The zero-order valence-electron chi connectivity index (χ0n) is 13.5. The first kappa shape index (κ1) is 17.3. The fraction of sp³-hybridized carbons (Fsp3) is 0.562. The summed E-state index contributed by atoms with van der Waals surface area (Å²) in [6.45, 7) is 1.80. The first-order valence-electron chi connectivity index (χ1n) is 8.22. The fourth-order valence-corrected chi connectivity index (χ4v) is 4.60. The molecular weight excluding hydrogens is 330 g/mol. The van der Waals surface area contributed by atoms with Crippen molar-refractivity contribution in [1.82, 2.24) is 9.21 Å². The van der Waals surface area contributed by atoms with Gasteiger partial charge in [-0.15, -0.1) is 0 Å². The number of nitrogens with two attached hydrogens (primary N) is 1. The predicted molar refractivity (Wildman–Crippen MR) is 88.7 cm³/mol. The van der Waals surface area contributed by atoms with Gasteiger partial charge in [0.1, 0.15) is 6.10 Å². The number of nitrogens with zero attached hydrogens (tertiary/aromatic N) is 2. The maximum Gasteiger partial charge on any atom is 0.251 e. The second-order valence-electron chi connectivity index (χ2n) is 6.10. The second kappa shape index (κ2) is 7.18. The Morgan fingerprint density at radius 2 is 1.79 bits per heavy atom. The summed E-state index contributed by atoms with van der Waals surface area (Å²) in [6, 6.07) is 8.38. The molecule has 24 heavy (non-hydrogen) atoms. The topological polar surface area (TPSA) is 92.9 Å². The molecule has 2 saturated heterocycles. The van der Waals surface area contributed by atoms with E-state index in [1.54, 1.807) is 35.2 Å². The van der Waals surface area contributed by atoms with Crippen LogP contribution in [-0.2, 0) is 19.6 Å². The molecule has 2 aliphatic heterocycles. The minimum absolute atomic E-state index is 0.0429. The van der Waals surface area contributed by atoms with E-state index < -0.39 is 16.1 Å². The smallest absolute Gasteiger partial charge is 0.251 e. The lowest BCUT2D eigenvalue weighted by atomic mass is 10.1. The van der Waals surface area contributed by atoms with Crippen molar-refractivity contribution in [2.45, 2.75) is 29.9 Å². The minimum Gasteiger partial charge on any atom is -0.364 e. The number of rotatable bonds is 4. The van der Waals surface area contributed by atoms with E-state index in [-0.39, 0.29) is 16.9 Å². The Labute approximate surface area is 142 Å². The van der Waals surface area contributed by atoms with E-state index in [0.717, 1.165) is 6.42 Å². The van der Waals surface area contributed by atoms with Crippen molar-refractivity contribution in [3.8, 4) is 0 Å². The molecule has 1 amide bonds. The van der Waals surface area contributed by atoms with Crippen LogP contribution >= 0.6 is 0 Å². The van der Waals surface area contributed by atoms with Crippen LogP contribution in [0, 0.1) is 0 Å². The molecule has 1 aromatic rings. The number of benzene rings is 1. The number of piperazine rings is 1. The van der Waals surface area contributed by atoms with E-state index in [1.165, 1.54) is 4.31 Å². The van der Waals surface area contributed by atoms with Crippen LogP contribution in [0.1, 0.15) is 12.8 Å². The molecule has 2 N–H and O–H groups in total. The summed E-state index contributed by atoms with van der Waals surface area (Å²) in [4.78, 5) is 14.5. The van der Waals surface area contributed by atoms with Gasteiger partial charge in [0.05, 0.1) is 11.0 Å². The van der Waals surface area contributed by atoms with Crippen LogP contribution in [0.4, 0.5) is 0 Å². The molecule has 8 heteroatoms. The maximum absolute atomic E-state index is 12.6. The molecule has 1 aromatic carbocycles. The number of sulfonamides is 1. The molecule has 0 aromatic heterocycles. The Hall–Kier alpha value is -1.48. The molecule has 0 bridgehead atoms. The molecule has 0 spiro atoms. The van der Waals surface area contributed by atoms with Gasteiger partial charge in [0.15, 0.2) is 0 Å². The Kier molecular flexibility index (Phi) is 5.19. The summed E-state index contributed by atoms with van der Waals surface area (Å²) >= 11 is 0. The first-order chi connectivity index (χ1) is 11.5. The van der Waals surface area contributed by atoms with Crippen LogP contribution in [0.5, 0.6) is 0 Å². The molecule has 3 rings (SSSR count). The van der Waals surface area contributed by atoms with Gasteiger partial charge < -0.3 is 15.4 Å². The SMILES string of the molecule is NC[C@H]1CC[C@@H](C(=O)N2CCN(S(=O)(=O)c3ccccc3)CC2)O1. The van der Waals surface area contributed by atoms with Crippen molar-refractivity contribution in [1.29, 1.82) is 0 Å². The van der Waals surface area contributed by atoms with E-state index in [4.69, 9.17) is 10.5 Å². The standard InChI is InChI=1S/C16H23N3O4S/c17-12-13-6-7-15(23-13)16(20)18-8-10-19(11-9-18)24(21,22)14-4-2-1-3-5-14/h1-5,13,15H,6-12,17H2/t13-,15+/m1/s1. The Morgan fingerprint density at radius 3 is 2.38 bits per heavy atom. The van der Waals surface area contributed by atoms with Gasteiger partial charge in [0.2, 0.25) is 10.0 Å². The van der Waals surface area contributed by atoms with E-state index in [2.05, 4.69) is 0 Å². The first-order valence-corrected chi connectivity index (χ1v) is 9.66. The van der Waals surface area contributed by atoms with Crippen molar-refractivity contribution < 1.29 is 17.9 Å². The summed E-state index contributed by atoms with van der Waals surface area (Å²) in [7, 11) is -3.50. The van der Waals surface area contributed by atoms with Crippen molar-refractivity contribution in [2.24, 2.45) is 5.73 Å². The van der Waals surface area contributed by atoms with Crippen LogP contribution in [0.15, 0.2) is 35.2 Å². The number of amides is 1. The lowest BCUT2D eigenvalue weighted by Gasteiger charge is -2.35. The molecule has 2 fully saturated rings. The highest BCUT2D eigenvalue weighted by Crippen LogP contribution is 2.22. The van der Waals surface area contributed by atoms with Crippen LogP contribution in [0.25, 0.3) is 0 Å². The van der Waals surface area contributed by atoms with Gasteiger partial charge >= 0.3 is 0 Å². The highest BCUT2D eigenvalue weighted by atomic mass is 32.2. The van der Waals surface area contributed by atoms with Crippen molar-refractivity contribution in [2.75, 3.05) is 32.7 Å². The molecule has 0 aliphatic carbocycles. The highest BCUT2D eigenvalue weighted by molar-refractivity contribution is 7.89. The van der Waals surface area contributed by atoms with Crippen LogP contribution in [0.3, 0.4) is 0 Å². The number of hydrogen-bond acceptors (Lipinski definition) is 5. The van der Waals surface area contributed by atoms with Gasteiger partial charge in [0, 0.05) is 32.7 Å². The third-order valence-corrected chi connectivity index (χ3v) is 6.49. The van der Waals surface area contributed by atoms with Gasteiger partial charge in [-0.3, -0.25) is 4.79 Å². The normalized spacial score (nSPS) is 25.8. The van der Waals surface area contributed by atoms with E-state index in [0.29, 0.717) is 39.1 Å². The third kappa shape index (κ3) is 3.46. The van der Waals surface area contributed by atoms with Crippen molar-refractivity contribution in [3.63, 3.8) is 0 Å². The van der Waals surface area contributed by atoms with Crippen LogP contribution < -0.4 is 5.73 Å². The number of carbonyl (C=O) groups excluding carboxylic acids is 1. The lowest BCUT2D eigenvalue weighted by Crippen LogP contribution is -2.52. The average molecular weight is 353 g/mol. The zero-order chi connectivity index (χ0) is 17.2. The monoisotopic (exact) mass is 353 g/mol. The molecule has 0 radical (unpaired) electrons. The minimum atomic E-state index is -3.50. The molecule has 132 valence electrons. The van der Waals surface area contributed by atoms with Gasteiger partial charge in [-0.1, -0.05) is 18.2 Å². The van der Waals surface area contributed by atoms with E-state index in [9.17, 15) is 13.2 Å². The molecule has 2 aliphatic rings. The summed E-state index contributed by atoms with van der Waals surface area (Å²) < 4.78 is 32.2. The van der Waals surface area contributed by atoms with Crippen LogP contribution in [-0.4, -0.2) is 68.5 Å². The van der Waals surface area contributed by atoms with Crippen LogP contribution in [0.2, 0.25) is 0 Å². The summed E-state index contributed by atoms with van der Waals surface area (Å²) in [5.74, 6) is -0.0530. The molecule has 2 heterocycles. The summed E-state index contributed by atoms with van der Waals surface area (Å²) in [5.41, 5.74) is 5.57. The molecule has 0 saturated carbocycles. The Morgan fingerprint density at radius 1 is 1.12 bits per heavy atom. The van der Waals surface area contributed by atoms with Crippen molar-refractivity contribution in [3.05, 3.63) is 30.3 Å². The van der Waals surface area contributed by atoms with Gasteiger partial charge in [-0.05, 0) is 25.0 Å². The highest BCUT2D eigenvalue weighted by Gasteiger charge is 2.36. The largest absolute Gasteiger partial charge is 0.364 e. The molecule has 7 nitrogen and oxygen atoms in total. The number of ether oxygens (including phenoxy) is 1. The second-order valence-corrected chi connectivity index (χ2v) is 8.04. The van der Waals surface area contributed by atoms with Gasteiger partial charge in [-0.25, -0.2) is 8.42 Å². The average Bonchev–Trinajstić information content (AvgIpc) is 3.11. The van der Waals surface area contributed by atoms with Crippen molar-refractivity contribution >= 4 is 15.9 Å². The quantitative estimate of drug-likeness (QED) is 0.824. The van der Waals surface area contributed by atoms with E-state index in [1.807, 2.05) is 0 Å². The molecule has 0 unspecified atom stereocenters. The molecular formula is C16H23N3O4S. The third-order valence-electron chi connectivity index (χ3n) is 4.58. The zero-order valence-corrected chi connectivity index (χ0v) is 14.3. The van der Waals surface area contributed by atoms with Gasteiger partial charge in [0.25, 0.3) is 5.91 Å². The lowest BCUT2D eigenvalue weighted by molar-refractivity contribution is -0.143. The predicted octanol–water partition coefficient (Wildman–Crippen LogP) is 0.0258. The van der Waals surface area contributed by atoms with Gasteiger partial charge in [-0.2, -0.15) is 4.31 Å². The molecule has 2 atom stereocenters. The number of hydrogen-bond donors (Lipinski definition) is 1. The van der Waals surface area contributed by atoms with E-state index >= 15 is 0 Å².